The molecule has 1 heterocycles. The number of methoxy groups -OCH3 is 1. The van der Waals surface area contributed by atoms with Crippen molar-refractivity contribution in [3.63, 3.8) is 0 Å². The molecule has 1 N–H and O–H groups in total. The van der Waals surface area contributed by atoms with Crippen LogP contribution >= 0.6 is 11.9 Å². The minimum atomic E-state index is 0.401. The Morgan fingerprint density at radius 3 is 2.68 bits per heavy atom. The highest BCUT2D eigenvalue weighted by Crippen LogP contribution is 2.36. The largest absolute Gasteiger partial charge is 0.497 e. The first-order valence-electron chi connectivity index (χ1n) is 6.53. The second kappa shape index (κ2) is 5.84. The van der Waals surface area contributed by atoms with Crippen LogP contribution in [0, 0.1) is 5.41 Å². The highest BCUT2D eigenvalue weighted by Gasteiger charge is 2.28. The Kier molecular flexibility index (Phi) is 4.37. The maximum absolute atomic E-state index is 8.13. The highest BCUT2D eigenvalue weighted by molar-refractivity contribution is 8.12. The van der Waals surface area contributed by atoms with E-state index in [1.54, 1.807) is 7.11 Å². The van der Waals surface area contributed by atoms with E-state index in [1.165, 1.54) is 17.5 Å². The normalized spacial score (nSPS) is 16.5. The molecular formula is C14H21N3OS. The van der Waals surface area contributed by atoms with E-state index >= 15 is 0 Å². The zero-order valence-electron chi connectivity index (χ0n) is 11.9. The van der Waals surface area contributed by atoms with Gasteiger partial charge in [0.25, 0.3) is 0 Å². The van der Waals surface area contributed by atoms with Crippen molar-refractivity contribution < 1.29 is 4.74 Å². The lowest BCUT2D eigenvalue weighted by molar-refractivity contribution is 0.414. The maximum atomic E-state index is 8.13. The van der Waals surface area contributed by atoms with Gasteiger partial charge >= 0.3 is 0 Å². The molecule has 0 spiro atoms. The Morgan fingerprint density at radius 2 is 2.16 bits per heavy atom. The summed E-state index contributed by atoms with van der Waals surface area (Å²) in [6, 6.07) is 6.10. The minimum absolute atomic E-state index is 0.401. The molecule has 0 aliphatic carbocycles. The van der Waals surface area contributed by atoms with Crippen molar-refractivity contribution in [1.82, 2.24) is 4.31 Å². The second-order valence-electron chi connectivity index (χ2n) is 4.84. The summed E-state index contributed by atoms with van der Waals surface area (Å²) in [6.07, 6.45) is 0. The lowest BCUT2D eigenvalue weighted by Gasteiger charge is -2.23. The summed E-state index contributed by atoms with van der Waals surface area (Å²) in [7, 11) is 1.69. The summed E-state index contributed by atoms with van der Waals surface area (Å²) < 4.78 is 7.48. The smallest absolute Gasteiger partial charge is 0.177 e. The standard InChI is InChI=1S/C14H21N3OS/c1-5-16-9-17(14(15)19-16)13-7-6-11(18-4)8-12(13)10(2)3/h6-8,10,15H,5,9H2,1-4H3. The molecule has 5 heteroatoms. The number of hydrogen-bond acceptors (Lipinski definition) is 4. The Bertz CT molecular complexity index is 476. The van der Waals surface area contributed by atoms with E-state index in [9.17, 15) is 0 Å². The van der Waals surface area contributed by atoms with Crippen LogP contribution in [0.3, 0.4) is 0 Å². The first kappa shape index (κ1) is 14.2. The number of rotatable bonds is 4. The van der Waals surface area contributed by atoms with E-state index in [0.29, 0.717) is 11.1 Å². The molecule has 4 nitrogen and oxygen atoms in total. The van der Waals surface area contributed by atoms with Crippen molar-refractivity contribution in [2.24, 2.45) is 0 Å². The number of benzene rings is 1. The third kappa shape index (κ3) is 2.87. The second-order valence-corrected chi connectivity index (χ2v) is 5.93. The molecule has 1 aromatic carbocycles. The fourth-order valence-corrected chi connectivity index (χ4v) is 2.94. The number of ether oxygens (including phenoxy) is 1. The predicted octanol–water partition coefficient (Wildman–Crippen LogP) is 3.50. The zero-order chi connectivity index (χ0) is 14.0. The summed E-state index contributed by atoms with van der Waals surface area (Å²) in [5.41, 5.74) is 2.34. The lowest BCUT2D eigenvalue weighted by Crippen LogP contribution is -2.27. The molecular weight excluding hydrogens is 258 g/mol. The van der Waals surface area contributed by atoms with E-state index in [0.717, 1.165) is 24.7 Å². The number of anilines is 1. The van der Waals surface area contributed by atoms with E-state index in [4.69, 9.17) is 10.1 Å². The van der Waals surface area contributed by atoms with Crippen molar-refractivity contribution in [2.75, 3.05) is 25.2 Å². The molecule has 104 valence electrons. The summed E-state index contributed by atoms with van der Waals surface area (Å²) in [6.45, 7) is 8.16. The van der Waals surface area contributed by atoms with Gasteiger partial charge in [0.05, 0.1) is 13.8 Å². The summed E-state index contributed by atoms with van der Waals surface area (Å²) in [4.78, 5) is 2.06. The number of nitrogens with one attached hydrogen (secondary N) is 1. The molecule has 19 heavy (non-hydrogen) atoms. The van der Waals surface area contributed by atoms with Crippen LogP contribution in [0.2, 0.25) is 0 Å². The summed E-state index contributed by atoms with van der Waals surface area (Å²) in [5.74, 6) is 1.27. The predicted molar refractivity (Wildman–Crippen MR) is 82.1 cm³/mol. The van der Waals surface area contributed by atoms with Gasteiger partial charge in [0.2, 0.25) is 0 Å². The van der Waals surface area contributed by atoms with Gasteiger partial charge in [-0.15, -0.1) is 0 Å². The number of nitrogens with zero attached hydrogens (tertiary/aromatic N) is 2. The van der Waals surface area contributed by atoms with Crippen molar-refractivity contribution in [3.05, 3.63) is 23.8 Å². The summed E-state index contributed by atoms with van der Waals surface area (Å²) in [5, 5.41) is 8.72. The van der Waals surface area contributed by atoms with E-state index in [1.807, 2.05) is 6.07 Å². The molecule has 1 fully saturated rings. The fraction of sp³-hybridized carbons (Fsp3) is 0.500. The van der Waals surface area contributed by atoms with Crippen molar-refractivity contribution >= 4 is 22.8 Å². The molecule has 0 amide bonds. The Balaban J connectivity index is 2.36. The average Bonchev–Trinajstić information content (AvgIpc) is 2.79. The van der Waals surface area contributed by atoms with Crippen LogP contribution in [-0.2, 0) is 0 Å². The van der Waals surface area contributed by atoms with Gasteiger partial charge in [-0.05, 0) is 41.6 Å². The van der Waals surface area contributed by atoms with Crippen LogP contribution in [0.4, 0.5) is 5.69 Å². The first-order chi connectivity index (χ1) is 9.06. The van der Waals surface area contributed by atoms with Crippen LogP contribution in [0.5, 0.6) is 5.75 Å². The monoisotopic (exact) mass is 279 g/mol. The van der Waals surface area contributed by atoms with Crippen molar-refractivity contribution in [1.29, 1.82) is 5.41 Å². The molecule has 0 saturated carbocycles. The average molecular weight is 279 g/mol. The van der Waals surface area contributed by atoms with E-state index in [-0.39, 0.29) is 0 Å². The molecule has 1 aromatic rings. The van der Waals surface area contributed by atoms with Gasteiger partial charge in [-0.3, -0.25) is 5.41 Å². The van der Waals surface area contributed by atoms with Crippen molar-refractivity contribution in [2.45, 2.75) is 26.7 Å². The van der Waals surface area contributed by atoms with Crippen molar-refractivity contribution in [3.8, 4) is 5.75 Å². The van der Waals surface area contributed by atoms with Gasteiger partial charge in [-0.2, -0.15) is 0 Å². The first-order valence-corrected chi connectivity index (χ1v) is 7.31. The van der Waals surface area contributed by atoms with Crippen LogP contribution in [0.1, 0.15) is 32.3 Å². The van der Waals surface area contributed by atoms with Gasteiger partial charge in [-0.1, -0.05) is 20.8 Å². The Morgan fingerprint density at radius 1 is 1.42 bits per heavy atom. The zero-order valence-corrected chi connectivity index (χ0v) is 12.8. The maximum Gasteiger partial charge on any atom is 0.177 e. The van der Waals surface area contributed by atoms with Crippen LogP contribution in [-0.4, -0.2) is 29.8 Å². The van der Waals surface area contributed by atoms with Gasteiger partial charge in [0.1, 0.15) is 5.75 Å². The minimum Gasteiger partial charge on any atom is -0.497 e. The van der Waals surface area contributed by atoms with Crippen LogP contribution in [0.25, 0.3) is 0 Å². The molecule has 0 unspecified atom stereocenters. The van der Waals surface area contributed by atoms with Crippen LogP contribution < -0.4 is 9.64 Å². The van der Waals surface area contributed by atoms with E-state index in [2.05, 4.69) is 42.1 Å². The fourth-order valence-electron chi connectivity index (χ4n) is 2.14. The highest BCUT2D eigenvalue weighted by atomic mass is 32.2. The molecule has 1 aliphatic rings. The van der Waals surface area contributed by atoms with Gasteiger partial charge in [0, 0.05) is 12.2 Å². The molecule has 0 aromatic heterocycles. The van der Waals surface area contributed by atoms with E-state index < -0.39 is 0 Å². The Hall–Kier alpha value is -1.20. The van der Waals surface area contributed by atoms with Gasteiger partial charge in [0.15, 0.2) is 5.17 Å². The molecule has 1 saturated heterocycles. The topological polar surface area (TPSA) is 39.6 Å². The lowest BCUT2D eigenvalue weighted by atomic mass is 10.00. The molecule has 0 bridgehead atoms. The molecule has 0 atom stereocenters. The molecule has 1 aliphatic heterocycles. The third-order valence-electron chi connectivity index (χ3n) is 3.26. The van der Waals surface area contributed by atoms with Gasteiger partial charge < -0.3 is 9.64 Å². The molecule has 2 rings (SSSR count). The summed E-state index contributed by atoms with van der Waals surface area (Å²) >= 11 is 1.51. The molecule has 0 radical (unpaired) electrons. The number of hydrogen-bond donors (Lipinski definition) is 1. The Labute approximate surface area is 119 Å². The quantitative estimate of drug-likeness (QED) is 0.856. The SMILES string of the molecule is CCN1CN(c2ccc(OC)cc2C(C)C)C(=N)S1. The van der Waals surface area contributed by atoms with Crippen LogP contribution in [0.15, 0.2) is 18.2 Å². The third-order valence-corrected chi connectivity index (χ3v) is 4.29. The van der Waals surface area contributed by atoms with Gasteiger partial charge in [-0.25, -0.2) is 4.31 Å². The number of amidine groups is 1.